The van der Waals surface area contributed by atoms with Crippen LogP contribution in [0.2, 0.25) is 0 Å². The summed E-state index contributed by atoms with van der Waals surface area (Å²) in [5, 5.41) is 2.61. The normalized spacial score (nSPS) is 15.4. The summed E-state index contributed by atoms with van der Waals surface area (Å²) in [7, 11) is 0. The van der Waals surface area contributed by atoms with Crippen molar-refractivity contribution in [2.24, 2.45) is 0 Å². The van der Waals surface area contributed by atoms with E-state index in [2.05, 4.69) is 30.3 Å². The van der Waals surface area contributed by atoms with Gasteiger partial charge >= 0.3 is 0 Å². The highest BCUT2D eigenvalue weighted by atomic mass is 14.1. The van der Waals surface area contributed by atoms with Crippen molar-refractivity contribution in [2.45, 2.75) is 25.7 Å². The molecule has 0 saturated heterocycles. The van der Waals surface area contributed by atoms with Gasteiger partial charge in [-0.05, 0) is 53.6 Å². The average Bonchev–Trinajstić information content (AvgIpc) is 2.26. The Hall–Kier alpha value is -1.30. The van der Waals surface area contributed by atoms with Crippen LogP contribution in [-0.4, -0.2) is 0 Å². The Morgan fingerprint density at radius 2 is 1.79 bits per heavy atom. The molecule has 2 aromatic rings. The zero-order chi connectivity index (χ0) is 9.38. The van der Waals surface area contributed by atoms with Gasteiger partial charge < -0.3 is 0 Å². The van der Waals surface area contributed by atoms with E-state index < -0.39 is 0 Å². The third-order valence-electron chi connectivity index (χ3n) is 3.12. The molecule has 3 rings (SSSR count). The minimum Gasteiger partial charge on any atom is -0.0610 e. The van der Waals surface area contributed by atoms with E-state index in [-0.39, 0.29) is 0 Å². The van der Waals surface area contributed by atoms with E-state index in [9.17, 15) is 0 Å². The molecule has 0 nitrogen and oxygen atoms in total. The minimum atomic E-state index is 1.26. The second kappa shape index (κ2) is 3.13. The summed E-state index contributed by atoms with van der Waals surface area (Å²) in [5.74, 6) is 0. The van der Waals surface area contributed by atoms with Crippen LogP contribution in [0.15, 0.2) is 30.3 Å². The first-order valence-electron chi connectivity index (χ1n) is 5.36. The van der Waals surface area contributed by atoms with Crippen molar-refractivity contribution in [3.63, 3.8) is 0 Å². The molecule has 0 fully saturated rings. The van der Waals surface area contributed by atoms with Crippen molar-refractivity contribution >= 4 is 10.8 Å². The van der Waals surface area contributed by atoms with Crippen LogP contribution in [-0.2, 0) is 12.8 Å². The number of aryl methyl sites for hydroxylation is 2. The third kappa shape index (κ3) is 1.22. The molecule has 0 N–H and O–H groups in total. The van der Waals surface area contributed by atoms with E-state index >= 15 is 0 Å². The Morgan fingerprint density at radius 1 is 1.00 bits per heavy atom. The molecule has 0 aliphatic heterocycles. The molecule has 1 aliphatic carbocycles. The molecule has 0 aromatic heterocycles. The highest BCUT2D eigenvalue weighted by Crippen LogP contribution is 2.26. The van der Waals surface area contributed by atoms with Crippen molar-refractivity contribution < 1.29 is 0 Å². The Kier molecular flexibility index (Phi) is 1.80. The maximum Gasteiger partial charge on any atom is -0.00991 e. The molecule has 0 heteroatoms. The molecule has 1 aliphatic rings. The standard InChI is InChI=1S/C14H13/c1-2-6-12-10-14-8-4-3-7-13(14)9-11(12)5-1/h1-2,5,9-10H,3-4,7-8H2. The van der Waals surface area contributed by atoms with Crippen LogP contribution in [0.1, 0.15) is 24.0 Å². The van der Waals surface area contributed by atoms with Gasteiger partial charge in [-0.15, -0.1) is 0 Å². The second-order valence-electron chi connectivity index (χ2n) is 4.09. The maximum absolute atomic E-state index is 3.30. The van der Waals surface area contributed by atoms with Crippen LogP contribution < -0.4 is 0 Å². The van der Waals surface area contributed by atoms with Gasteiger partial charge in [-0.3, -0.25) is 0 Å². The van der Waals surface area contributed by atoms with Gasteiger partial charge in [0.05, 0.1) is 0 Å². The summed E-state index contributed by atoms with van der Waals surface area (Å²) >= 11 is 0. The van der Waals surface area contributed by atoms with E-state index in [1.165, 1.54) is 36.5 Å². The van der Waals surface area contributed by atoms with Gasteiger partial charge in [0.25, 0.3) is 0 Å². The van der Waals surface area contributed by atoms with E-state index in [0.717, 1.165) is 0 Å². The summed E-state index contributed by atoms with van der Waals surface area (Å²) in [5.41, 5.74) is 3.11. The van der Waals surface area contributed by atoms with Gasteiger partial charge in [0.1, 0.15) is 0 Å². The lowest BCUT2D eigenvalue weighted by molar-refractivity contribution is 0.687. The first-order valence-corrected chi connectivity index (χ1v) is 5.36. The van der Waals surface area contributed by atoms with Gasteiger partial charge in [0.15, 0.2) is 0 Å². The van der Waals surface area contributed by atoms with Gasteiger partial charge in [-0.1, -0.05) is 30.3 Å². The molecule has 1 radical (unpaired) electrons. The third-order valence-corrected chi connectivity index (χ3v) is 3.12. The summed E-state index contributed by atoms with van der Waals surface area (Å²) in [6, 6.07) is 14.2. The van der Waals surface area contributed by atoms with Crippen LogP contribution in [0.4, 0.5) is 0 Å². The quantitative estimate of drug-likeness (QED) is 0.583. The minimum absolute atomic E-state index is 1.26. The van der Waals surface area contributed by atoms with Gasteiger partial charge in [0.2, 0.25) is 0 Å². The van der Waals surface area contributed by atoms with Crippen molar-refractivity contribution in [3.05, 3.63) is 47.5 Å². The highest BCUT2D eigenvalue weighted by Gasteiger charge is 2.09. The fourth-order valence-electron chi connectivity index (χ4n) is 2.36. The molecule has 0 unspecified atom stereocenters. The fraction of sp³-hybridized carbons (Fsp3) is 0.286. The molecular formula is C14H13. The molecule has 0 spiro atoms. The lowest BCUT2D eigenvalue weighted by Gasteiger charge is -2.16. The van der Waals surface area contributed by atoms with E-state index in [0.29, 0.717) is 0 Å². The fourth-order valence-corrected chi connectivity index (χ4v) is 2.36. The van der Waals surface area contributed by atoms with Gasteiger partial charge in [-0.2, -0.15) is 0 Å². The first-order chi connectivity index (χ1) is 6.93. The number of rotatable bonds is 0. The lowest BCUT2D eigenvalue weighted by atomic mass is 9.89. The maximum atomic E-state index is 3.30. The van der Waals surface area contributed by atoms with Crippen molar-refractivity contribution in [1.29, 1.82) is 0 Å². The first kappa shape index (κ1) is 8.05. The number of hydrogen-bond donors (Lipinski definition) is 0. The summed E-state index contributed by atoms with van der Waals surface area (Å²) in [6.07, 6.45) is 5.23. The zero-order valence-corrected chi connectivity index (χ0v) is 8.22. The number of benzene rings is 2. The SMILES string of the molecule is [c]1cccc2cc3c(cc12)CCCC3. The van der Waals surface area contributed by atoms with Crippen LogP contribution in [0.25, 0.3) is 10.8 Å². The van der Waals surface area contributed by atoms with Crippen LogP contribution >= 0.6 is 0 Å². The molecule has 0 saturated carbocycles. The highest BCUT2D eigenvalue weighted by molar-refractivity contribution is 5.83. The Balaban J connectivity index is 2.27. The molecule has 14 heavy (non-hydrogen) atoms. The van der Waals surface area contributed by atoms with Crippen molar-refractivity contribution in [2.75, 3.05) is 0 Å². The van der Waals surface area contributed by atoms with Crippen molar-refractivity contribution in [3.8, 4) is 0 Å². The average molecular weight is 181 g/mol. The topological polar surface area (TPSA) is 0 Å². The Morgan fingerprint density at radius 3 is 2.64 bits per heavy atom. The molecule has 0 atom stereocenters. The predicted octanol–water partition coefficient (Wildman–Crippen LogP) is 3.52. The molecule has 0 bridgehead atoms. The largest absolute Gasteiger partial charge is 0.0610 e. The second-order valence-corrected chi connectivity index (χ2v) is 4.09. The molecule has 0 amide bonds. The number of hydrogen-bond acceptors (Lipinski definition) is 0. The molecular weight excluding hydrogens is 168 g/mol. The summed E-state index contributed by atoms with van der Waals surface area (Å²) in [6.45, 7) is 0. The predicted molar refractivity (Wildman–Crippen MR) is 59.4 cm³/mol. The Labute approximate surface area is 84.6 Å². The molecule has 69 valence electrons. The summed E-state index contributed by atoms with van der Waals surface area (Å²) in [4.78, 5) is 0. The van der Waals surface area contributed by atoms with Crippen LogP contribution in [0.5, 0.6) is 0 Å². The van der Waals surface area contributed by atoms with Crippen LogP contribution in [0, 0.1) is 6.07 Å². The van der Waals surface area contributed by atoms with Crippen LogP contribution in [0.3, 0.4) is 0 Å². The van der Waals surface area contributed by atoms with E-state index in [1.54, 1.807) is 11.1 Å². The van der Waals surface area contributed by atoms with Gasteiger partial charge in [0, 0.05) is 0 Å². The van der Waals surface area contributed by atoms with Gasteiger partial charge in [-0.25, -0.2) is 0 Å². The monoisotopic (exact) mass is 181 g/mol. The lowest BCUT2D eigenvalue weighted by Crippen LogP contribution is -2.01. The zero-order valence-electron chi connectivity index (χ0n) is 8.22. The smallest absolute Gasteiger partial charge is 0.00991 e. The summed E-state index contributed by atoms with van der Waals surface area (Å²) < 4.78 is 0. The number of fused-ring (bicyclic) bond motifs is 2. The molecule has 0 heterocycles. The molecule has 2 aromatic carbocycles. The van der Waals surface area contributed by atoms with Crippen molar-refractivity contribution in [1.82, 2.24) is 0 Å². The van der Waals surface area contributed by atoms with E-state index in [4.69, 9.17) is 0 Å². The van der Waals surface area contributed by atoms with E-state index in [1.807, 2.05) is 6.07 Å². The Bertz CT molecular complexity index is 424.